The lowest BCUT2D eigenvalue weighted by Crippen LogP contribution is -2.20. The van der Waals surface area contributed by atoms with Crippen molar-refractivity contribution in [1.29, 1.82) is 0 Å². The maximum absolute atomic E-state index is 13.1. The number of fused-ring (bicyclic) bond motifs is 1. The van der Waals surface area contributed by atoms with Crippen LogP contribution in [0.25, 0.3) is 11.4 Å². The Kier molecular flexibility index (Phi) is 4.13. The maximum Gasteiger partial charge on any atom is 0.248 e. The van der Waals surface area contributed by atoms with Gasteiger partial charge in [-0.3, -0.25) is 4.79 Å². The number of ether oxygens (including phenoxy) is 2. The maximum atomic E-state index is 13.1. The molecule has 0 saturated carbocycles. The summed E-state index contributed by atoms with van der Waals surface area (Å²) in [6, 6.07) is 9.17. The molecule has 1 aromatic heterocycles. The van der Waals surface area contributed by atoms with Crippen LogP contribution in [0, 0.1) is 5.82 Å². The minimum atomic E-state index is -0.559. The molecule has 0 bridgehead atoms. The number of carbonyl (C=O) groups is 1. The van der Waals surface area contributed by atoms with E-state index in [-0.39, 0.29) is 18.4 Å². The van der Waals surface area contributed by atoms with Crippen molar-refractivity contribution in [2.75, 3.05) is 12.1 Å². The normalized spacial score (nSPS) is 12.2. The van der Waals surface area contributed by atoms with E-state index in [0.29, 0.717) is 28.6 Å². The largest absolute Gasteiger partial charge is 0.454 e. The summed E-state index contributed by atoms with van der Waals surface area (Å²) in [5.74, 6) is 0.641. The van der Waals surface area contributed by atoms with Gasteiger partial charge in [0, 0.05) is 11.3 Å². The van der Waals surface area contributed by atoms with Crippen LogP contribution in [0.1, 0.15) is 0 Å². The van der Waals surface area contributed by atoms with Crippen LogP contribution in [-0.2, 0) is 11.3 Å². The molecule has 26 heavy (non-hydrogen) atoms. The Morgan fingerprint density at radius 2 is 2.08 bits per heavy atom. The predicted molar refractivity (Wildman–Crippen MR) is 89.4 cm³/mol. The number of halogens is 2. The molecule has 1 N–H and O–H groups in total. The van der Waals surface area contributed by atoms with Crippen LogP contribution in [0.15, 0.2) is 36.4 Å². The molecule has 1 aliphatic heterocycles. The van der Waals surface area contributed by atoms with E-state index < -0.39 is 11.7 Å². The number of anilines is 1. The lowest BCUT2D eigenvalue weighted by Gasteiger charge is -2.05. The number of amides is 1. The second-order valence-electron chi connectivity index (χ2n) is 5.39. The summed E-state index contributed by atoms with van der Waals surface area (Å²) in [5.41, 5.74) is 1.06. The van der Waals surface area contributed by atoms with Crippen molar-refractivity contribution in [1.82, 2.24) is 20.2 Å². The Bertz CT molecular complexity index is 994. The van der Waals surface area contributed by atoms with E-state index in [1.54, 1.807) is 18.2 Å². The second kappa shape index (κ2) is 6.60. The lowest BCUT2D eigenvalue weighted by molar-refractivity contribution is -0.117. The Labute approximate surface area is 151 Å². The number of hydrogen-bond donors (Lipinski definition) is 1. The van der Waals surface area contributed by atoms with Crippen LogP contribution < -0.4 is 14.8 Å². The highest BCUT2D eigenvalue weighted by atomic mass is 35.5. The number of tetrazole rings is 1. The monoisotopic (exact) mass is 375 g/mol. The van der Waals surface area contributed by atoms with Gasteiger partial charge in [0.25, 0.3) is 0 Å². The van der Waals surface area contributed by atoms with E-state index in [0.717, 1.165) is 4.80 Å². The first-order chi connectivity index (χ1) is 12.6. The van der Waals surface area contributed by atoms with Crippen molar-refractivity contribution in [3.8, 4) is 22.9 Å². The number of benzene rings is 2. The van der Waals surface area contributed by atoms with Crippen molar-refractivity contribution >= 4 is 23.2 Å². The molecule has 0 unspecified atom stereocenters. The fraction of sp³-hybridized carbons (Fsp3) is 0.125. The third-order valence-electron chi connectivity index (χ3n) is 3.57. The van der Waals surface area contributed by atoms with Crippen molar-refractivity contribution in [2.24, 2.45) is 0 Å². The first kappa shape index (κ1) is 16.3. The average molecular weight is 376 g/mol. The lowest BCUT2D eigenvalue weighted by atomic mass is 10.2. The smallest absolute Gasteiger partial charge is 0.248 e. The van der Waals surface area contributed by atoms with Crippen LogP contribution in [0.2, 0.25) is 5.02 Å². The second-order valence-corrected chi connectivity index (χ2v) is 5.80. The summed E-state index contributed by atoms with van der Waals surface area (Å²) in [5, 5.41) is 14.5. The molecule has 4 rings (SSSR count). The molecule has 2 aromatic carbocycles. The third kappa shape index (κ3) is 3.29. The van der Waals surface area contributed by atoms with Crippen LogP contribution >= 0.6 is 11.6 Å². The van der Waals surface area contributed by atoms with Crippen molar-refractivity contribution in [2.45, 2.75) is 6.54 Å². The molecule has 1 amide bonds. The SMILES string of the molecule is O=C(Cn1nnc(-c2ccc3c(c2)OCO3)n1)Nc1ccc(F)c(Cl)c1. The minimum absolute atomic E-state index is 0.0771. The average Bonchev–Trinajstić information content (AvgIpc) is 3.26. The number of nitrogens with zero attached hydrogens (tertiary/aromatic N) is 4. The molecule has 2 heterocycles. The molecule has 0 atom stereocenters. The van der Waals surface area contributed by atoms with E-state index in [4.69, 9.17) is 21.1 Å². The van der Waals surface area contributed by atoms with E-state index in [1.807, 2.05) is 0 Å². The van der Waals surface area contributed by atoms with Gasteiger partial charge in [0.05, 0.1) is 5.02 Å². The van der Waals surface area contributed by atoms with Crippen LogP contribution in [-0.4, -0.2) is 32.9 Å². The highest BCUT2D eigenvalue weighted by Gasteiger charge is 2.16. The van der Waals surface area contributed by atoms with Crippen molar-refractivity contribution in [3.05, 3.63) is 47.2 Å². The number of carbonyl (C=O) groups excluding carboxylic acids is 1. The summed E-state index contributed by atoms with van der Waals surface area (Å²) in [6.07, 6.45) is 0. The molecule has 0 spiro atoms. The fourth-order valence-electron chi connectivity index (χ4n) is 2.36. The molecule has 3 aromatic rings. The Balaban J connectivity index is 1.44. The van der Waals surface area contributed by atoms with E-state index in [2.05, 4.69) is 20.7 Å². The van der Waals surface area contributed by atoms with Crippen LogP contribution in [0.4, 0.5) is 10.1 Å². The fourth-order valence-corrected chi connectivity index (χ4v) is 2.54. The zero-order valence-corrected chi connectivity index (χ0v) is 13.9. The van der Waals surface area contributed by atoms with Crippen molar-refractivity contribution < 1.29 is 18.7 Å². The molecule has 132 valence electrons. The Hall–Kier alpha value is -3.20. The van der Waals surface area contributed by atoms with Gasteiger partial charge in [-0.2, -0.15) is 4.80 Å². The van der Waals surface area contributed by atoms with Crippen molar-refractivity contribution in [3.63, 3.8) is 0 Å². The van der Waals surface area contributed by atoms with Gasteiger partial charge in [-0.15, -0.1) is 10.2 Å². The first-order valence-corrected chi connectivity index (χ1v) is 7.89. The van der Waals surface area contributed by atoms with Gasteiger partial charge in [0.1, 0.15) is 12.4 Å². The number of rotatable bonds is 4. The van der Waals surface area contributed by atoms with Gasteiger partial charge in [0.15, 0.2) is 11.5 Å². The molecule has 0 radical (unpaired) electrons. The third-order valence-corrected chi connectivity index (χ3v) is 3.86. The number of aromatic nitrogens is 4. The van der Waals surface area contributed by atoms with Gasteiger partial charge in [-0.25, -0.2) is 4.39 Å². The number of nitrogens with one attached hydrogen (secondary N) is 1. The molecular weight excluding hydrogens is 365 g/mol. The first-order valence-electron chi connectivity index (χ1n) is 7.51. The van der Waals surface area contributed by atoms with Gasteiger partial charge in [-0.1, -0.05) is 11.6 Å². The molecule has 10 heteroatoms. The van der Waals surface area contributed by atoms with Crippen LogP contribution in [0.3, 0.4) is 0 Å². The summed E-state index contributed by atoms with van der Waals surface area (Å²) in [6.45, 7) is 0.0129. The molecular formula is C16H11ClFN5O3. The highest BCUT2D eigenvalue weighted by Crippen LogP contribution is 2.34. The predicted octanol–water partition coefficient (Wildman–Crippen LogP) is 2.50. The minimum Gasteiger partial charge on any atom is -0.454 e. The number of hydrogen-bond acceptors (Lipinski definition) is 6. The molecule has 1 aliphatic rings. The Morgan fingerprint density at radius 3 is 2.92 bits per heavy atom. The molecule has 0 fully saturated rings. The van der Waals surface area contributed by atoms with E-state index in [9.17, 15) is 9.18 Å². The molecule has 0 saturated heterocycles. The zero-order valence-electron chi connectivity index (χ0n) is 13.1. The molecule has 0 aliphatic carbocycles. The topological polar surface area (TPSA) is 91.2 Å². The quantitative estimate of drug-likeness (QED) is 0.753. The van der Waals surface area contributed by atoms with Crippen LogP contribution in [0.5, 0.6) is 11.5 Å². The van der Waals surface area contributed by atoms with Gasteiger partial charge >= 0.3 is 0 Å². The molecule has 8 nitrogen and oxygen atoms in total. The van der Waals surface area contributed by atoms with Gasteiger partial charge < -0.3 is 14.8 Å². The van der Waals surface area contributed by atoms with Gasteiger partial charge in [-0.05, 0) is 41.6 Å². The standard InChI is InChI=1S/C16H11ClFN5O3/c17-11-6-10(2-3-12(11)18)19-15(24)7-23-21-16(20-22-23)9-1-4-13-14(5-9)26-8-25-13/h1-6H,7-8H2,(H,19,24). The summed E-state index contributed by atoms with van der Waals surface area (Å²) >= 11 is 5.68. The summed E-state index contributed by atoms with van der Waals surface area (Å²) < 4.78 is 23.7. The zero-order chi connectivity index (χ0) is 18.1. The van der Waals surface area contributed by atoms with E-state index >= 15 is 0 Å². The summed E-state index contributed by atoms with van der Waals surface area (Å²) in [4.78, 5) is 13.2. The van der Waals surface area contributed by atoms with E-state index in [1.165, 1.54) is 18.2 Å². The highest BCUT2D eigenvalue weighted by molar-refractivity contribution is 6.31. The van der Waals surface area contributed by atoms with Gasteiger partial charge in [0.2, 0.25) is 18.5 Å². The Morgan fingerprint density at radius 1 is 1.23 bits per heavy atom. The summed E-state index contributed by atoms with van der Waals surface area (Å²) in [7, 11) is 0.